The van der Waals surface area contributed by atoms with Crippen LogP contribution in [0.1, 0.15) is 26.2 Å². The van der Waals surface area contributed by atoms with Crippen LogP contribution >= 0.6 is 0 Å². The molecular weight excluding hydrogens is 264 g/mol. The minimum absolute atomic E-state index is 0.139. The van der Waals surface area contributed by atoms with Crippen LogP contribution in [-0.4, -0.2) is 28.1 Å². The molecule has 0 aliphatic heterocycles. The van der Waals surface area contributed by atoms with Gasteiger partial charge in [-0.3, -0.25) is 0 Å². The molecule has 0 aromatic heterocycles. The molecule has 0 heterocycles. The molecule has 0 spiro atoms. The molecule has 1 aromatic carbocycles. The van der Waals surface area contributed by atoms with Crippen molar-refractivity contribution in [1.82, 2.24) is 0 Å². The molecule has 1 aromatic rings. The molecule has 0 amide bonds. The number of unbranched alkanes of at least 4 members (excludes halogenated alkanes) is 1. The van der Waals surface area contributed by atoms with Crippen LogP contribution in [0.5, 0.6) is 0 Å². The summed E-state index contributed by atoms with van der Waals surface area (Å²) in [5.41, 5.74) is 0. The van der Waals surface area contributed by atoms with Crippen LogP contribution in [0.4, 0.5) is 0 Å². The van der Waals surface area contributed by atoms with Gasteiger partial charge in [0.2, 0.25) is 0 Å². The van der Waals surface area contributed by atoms with E-state index in [1.54, 1.807) is 10.4 Å². The number of aliphatic hydroxyl groups excluding tert-OH is 1. The predicted molar refractivity (Wildman–Crippen MR) is 92.4 cm³/mol. The number of hydrogen-bond donors (Lipinski definition) is 1. The molecule has 108 valence electrons. The zero-order valence-electron chi connectivity index (χ0n) is 13.2. The topological polar surface area (TPSA) is 20.2 Å². The molecular formula is C16H30OSi2. The molecule has 1 atom stereocenters. The van der Waals surface area contributed by atoms with Crippen LogP contribution in [-0.2, 0) is 0 Å². The normalized spacial score (nSPS) is 13.8. The largest absolute Gasteiger partial charge is 0.393 e. The lowest BCUT2D eigenvalue weighted by molar-refractivity contribution is 0.181. The summed E-state index contributed by atoms with van der Waals surface area (Å²) < 4.78 is 0. The van der Waals surface area contributed by atoms with E-state index < -0.39 is 16.9 Å². The second kappa shape index (κ2) is 7.41. The van der Waals surface area contributed by atoms with Crippen LogP contribution < -0.4 is 10.4 Å². The smallest absolute Gasteiger partial charge is 0.0806 e. The van der Waals surface area contributed by atoms with Gasteiger partial charge in [-0.15, -0.1) is 0 Å². The quantitative estimate of drug-likeness (QED) is 0.606. The molecule has 0 fully saturated rings. The molecule has 1 nitrogen and oxygen atoms in total. The fourth-order valence-electron chi connectivity index (χ4n) is 2.47. The van der Waals surface area contributed by atoms with Crippen LogP contribution in [0.25, 0.3) is 0 Å². The third kappa shape index (κ3) is 5.63. The lowest BCUT2D eigenvalue weighted by Gasteiger charge is -2.23. The van der Waals surface area contributed by atoms with Gasteiger partial charge in [0.15, 0.2) is 0 Å². The van der Waals surface area contributed by atoms with E-state index in [1.165, 1.54) is 12.5 Å². The van der Waals surface area contributed by atoms with Gasteiger partial charge in [-0.1, -0.05) is 79.7 Å². The molecule has 0 saturated carbocycles. The highest BCUT2D eigenvalue weighted by Gasteiger charge is 2.22. The van der Waals surface area contributed by atoms with Gasteiger partial charge in [0.25, 0.3) is 0 Å². The first-order chi connectivity index (χ1) is 8.83. The van der Waals surface area contributed by atoms with Crippen LogP contribution in [0, 0.1) is 0 Å². The summed E-state index contributed by atoms with van der Waals surface area (Å²) in [6, 6.07) is 10.8. The van der Waals surface area contributed by atoms with Crippen molar-refractivity contribution in [3.63, 3.8) is 0 Å². The van der Waals surface area contributed by atoms with E-state index in [2.05, 4.69) is 50.5 Å². The van der Waals surface area contributed by atoms with E-state index in [0.717, 1.165) is 12.8 Å². The average molecular weight is 295 g/mol. The molecule has 0 bridgehead atoms. The van der Waals surface area contributed by atoms with Gasteiger partial charge in [-0.05, 0) is 13.3 Å². The fourth-order valence-corrected chi connectivity index (χ4v) is 5.92. The first-order valence-corrected chi connectivity index (χ1v) is 13.7. The van der Waals surface area contributed by atoms with Crippen molar-refractivity contribution in [3.05, 3.63) is 24.3 Å². The van der Waals surface area contributed by atoms with Gasteiger partial charge in [-0.25, -0.2) is 0 Å². The maximum absolute atomic E-state index is 9.30. The molecule has 0 aliphatic carbocycles. The van der Waals surface area contributed by atoms with Crippen LogP contribution in [0.15, 0.2) is 24.3 Å². The zero-order chi connectivity index (χ0) is 14.5. The van der Waals surface area contributed by atoms with Gasteiger partial charge in [0, 0.05) is 0 Å². The number of aliphatic hydroxyl groups is 1. The second-order valence-corrected chi connectivity index (χ2v) is 14.6. The van der Waals surface area contributed by atoms with Gasteiger partial charge < -0.3 is 5.11 Å². The third-order valence-electron chi connectivity index (χ3n) is 4.03. The zero-order valence-corrected chi connectivity index (χ0v) is 15.4. The Balaban J connectivity index is 2.56. The average Bonchev–Trinajstić information content (AvgIpc) is 2.34. The van der Waals surface area contributed by atoms with E-state index in [9.17, 15) is 5.11 Å². The standard InChI is InChI=1S/C16H30OSi2/c1-14(17)8-6-7-13-19(4,5)16-11-9-15(10-12-16)18(2)3/h9-12,14,17-18H,6-8,13H2,1-5H3. The molecule has 19 heavy (non-hydrogen) atoms. The molecule has 0 radical (unpaired) electrons. The lowest BCUT2D eigenvalue weighted by atomic mass is 10.2. The minimum Gasteiger partial charge on any atom is -0.393 e. The van der Waals surface area contributed by atoms with Gasteiger partial charge in [0.1, 0.15) is 0 Å². The number of benzene rings is 1. The number of rotatable bonds is 7. The summed E-state index contributed by atoms with van der Waals surface area (Å²) in [6.45, 7) is 11.6. The lowest BCUT2D eigenvalue weighted by Crippen LogP contribution is -2.42. The van der Waals surface area contributed by atoms with Crippen LogP contribution in [0.2, 0.25) is 32.2 Å². The second-order valence-electron chi connectivity index (χ2n) is 6.76. The fraction of sp³-hybridized carbons (Fsp3) is 0.625. The van der Waals surface area contributed by atoms with Crippen molar-refractivity contribution in [3.8, 4) is 0 Å². The van der Waals surface area contributed by atoms with E-state index in [1.807, 2.05) is 6.92 Å². The molecule has 1 unspecified atom stereocenters. The van der Waals surface area contributed by atoms with Crippen molar-refractivity contribution in [2.45, 2.75) is 64.5 Å². The summed E-state index contributed by atoms with van der Waals surface area (Å²) in [4.78, 5) is 0. The first kappa shape index (κ1) is 16.7. The Morgan fingerprint density at radius 2 is 1.68 bits per heavy atom. The predicted octanol–water partition coefficient (Wildman–Crippen LogP) is 2.85. The number of hydrogen-bond acceptors (Lipinski definition) is 1. The Morgan fingerprint density at radius 3 is 2.16 bits per heavy atom. The van der Waals surface area contributed by atoms with Crippen molar-refractivity contribution >= 4 is 27.2 Å². The Bertz CT molecular complexity index is 369. The van der Waals surface area contributed by atoms with Gasteiger partial charge in [-0.2, -0.15) is 0 Å². The van der Waals surface area contributed by atoms with E-state index in [4.69, 9.17) is 0 Å². The molecule has 1 rings (SSSR count). The van der Waals surface area contributed by atoms with E-state index >= 15 is 0 Å². The third-order valence-corrected chi connectivity index (χ3v) is 9.25. The Hall–Kier alpha value is -0.386. The maximum atomic E-state index is 9.30. The van der Waals surface area contributed by atoms with Gasteiger partial charge >= 0.3 is 0 Å². The summed E-state index contributed by atoms with van der Waals surface area (Å²) in [6.07, 6.45) is 3.22. The van der Waals surface area contributed by atoms with Gasteiger partial charge in [0.05, 0.1) is 23.0 Å². The Labute approximate surface area is 121 Å². The molecule has 0 aliphatic rings. The molecule has 1 N–H and O–H groups in total. The van der Waals surface area contributed by atoms with Crippen molar-refractivity contribution in [2.75, 3.05) is 0 Å². The van der Waals surface area contributed by atoms with E-state index in [-0.39, 0.29) is 6.10 Å². The SMILES string of the molecule is CC(O)CCCC[Si](C)(C)c1ccc([SiH](C)C)cc1. The van der Waals surface area contributed by atoms with Crippen molar-refractivity contribution in [1.29, 1.82) is 0 Å². The maximum Gasteiger partial charge on any atom is 0.0806 e. The Morgan fingerprint density at radius 1 is 1.11 bits per heavy atom. The first-order valence-electron chi connectivity index (χ1n) is 7.61. The van der Waals surface area contributed by atoms with E-state index in [0.29, 0.717) is 0 Å². The highest BCUT2D eigenvalue weighted by Crippen LogP contribution is 2.15. The highest BCUT2D eigenvalue weighted by molar-refractivity contribution is 6.89. The molecule has 3 heteroatoms. The molecule has 0 saturated heterocycles. The Kier molecular flexibility index (Phi) is 6.50. The highest BCUT2D eigenvalue weighted by atomic mass is 28.3. The minimum atomic E-state index is -1.28. The summed E-state index contributed by atoms with van der Waals surface area (Å²) >= 11 is 0. The summed E-state index contributed by atoms with van der Waals surface area (Å²) in [5.74, 6) is 0. The summed E-state index contributed by atoms with van der Waals surface area (Å²) in [7, 11) is -1.93. The van der Waals surface area contributed by atoms with Crippen molar-refractivity contribution in [2.24, 2.45) is 0 Å². The van der Waals surface area contributed by atoms with Crippen molar-refractivity contribution < 1.29 is 5.11 Å². The summed E-state index contributed by atoms with van der Waals surface area (Å²) in [5, 5.41) is 12.5. The monoisotopic (exact) mass is 294 g/mol. The van der Waals surface area contributed by atoms with Crippen LogP contribution in [0.3, 0.4) is 0 Å².